The van der Waals surface area contributed by atoms with Gasteiger partial charge in [-0.2, -0.15) is 0 Å². The van der Waals surface area contributed by atoms with Crippen molar-refractivity contribution >= 4 is 11.6 Å². The van der Waals surface area contributed by atoms with Gasteiger partial charge in [0.15, 0.2) is 0 Å². The Kier molecular flexibility index (Phi) is 10.2. The van der Waals surface area contributed by atoms with Crippen molar-refractivity contribution in [3.8, 4) is 0 Å². The summed E-state index contributed by atoms with van der Waals surface area (Å²) in [6.07, 6.45) is 7.85. The Morgan fingerprint density at radius 1 is 0.806 bits per heavy atom. The monoisotopic (exact) mass is 420 g/mol. The first kappa shape index (κ1) is 25.0. The molecule has 0 amide bonds. The number of benzene rings is 2. The standard InChI is InChI=1S/C29H40O2/c1-6-9-13-21(4)25-17-12-18-26(28(25)22(5)14-10-7-2)29(31)27(30)20-24-16-11-15-23(8-3)19-24/h11-12,15-19,21-22H,6-10,13-14,20H2,1-5H3. The van der Waals surface area contributed by atoms with E-state index in [2.05, 4.69) is 46.8 Å². The highest BCUT2D eigenvalue weighted by molar-refractivity contribution is 6.44. The second-order valence-electron chi connectivity index (χ2n) is 9.00. The van der Waals surface area contributed by atoms with E-state index in [1.807, 2.05) is 30.3 Å². The maximum Gasteiger partial charge on any atom is 0.229 e. The minimum absolute atomic E-state index is 0.172. The van der Waals surface area contributed by atoms with Crippen LogP contribution in [-0.4, -0.2) is 11.6 Å². The van der Waals surface area contributed by atoms with Crippen LogP contribution in [0.2, 0.25) is 0 Å². The molecule has 2 nitrogen and oxygen atoms in total. The van der Waals surface area contributed by atoms with E-state index in [0.29, 0.717) is 11.5 Å². The number of ketones is 2. The topological polar surface area (TPSA) is 34.1 Å². The Bertz CT molecular complexity index is 865. The summed E-state index contributed by atoms with van der Waals surface area (Å²) in [7, 11) is 0. The van der Waals surface area contributed by atoms with Gasteiger partial charge in [0.2, 0.25) is 11.6 Å². The Hall–Kier alpha value is -2.22. The minimum atomic E-state index is -0.329. The molecule has 0 fully saturated rings. The van der Waals surface area contributed by atoms with Crippen LogP contribution in [0.15, 0.2) is 42.5 Å². The van der Waals surface area contributed by atoms with Gasteiger partial charge in [0.25, 0.3) is 0 Å². The molecule has 0 spiro atoms. The van der Waals surface area contributed by atoms with Gasteiger partial charge in [-0.3, -0.25) is 9.59 Å². The van der Waals surface area contributed by atoms with E-state index < -0.39 is 0 Å². The second kappa shape index (κ2) is 12.6. The zero-order valence-corrected chi connectivity index (χ0v) is 20.2. The van der Waals surface area contributed by atoms with Crippen molar-refractivity contribution in [1.82, 2.24) is 0 Å². The van der Waals surface area contributed by atoms with Gasteiger partial charge in [-0.25, -0.2) is 0 Å². The predicted octanol–water partition coefficient (Wildman–Crippen LogP) is 7.83. The van der Waals surface area contributed by atoms with Crippen molar-refractivity contribution in [3.05, 3.63) is 70.3 Å². The maximum absolute atomic E-state index is 13.3. The van der Waals surface area contributed by atoms with Crippen LogP contribution in [0.3, 0.4) is 0 Å². The van der Waals surface area contributed by atoms with Gasteiger partial charge in [-0.15, -0.1) is 0 Å². The third-order valence-electron chi connectivity index (χ3n) is 6.41. The molecule has 2 heteroatoms. The molecule has 0 saturated heterocycles. The first-order chi connectivity index (χ1) is 14.9. The zero-order valence-electron chi connectivity index (χ0n) is 20.2. The van der Waals surface area contributed by atoms with Crippen molar-refractivity contribution < 1.29 is 9.59 Å². The molecule has 168 valence electrons. The lowest BCUT2D eigenvalue weighted by Gasteiger charge is -2.23. The molecule has 0 heterocycles. The third-order valence-corrected chi connectivity index (χ3v) is 6.41. The Balaban J connectivity index is 2.37. The van der Waals surface area contributed by atoms with Gasteiger partial charge in [-0.1, -0.05) is 103 Å². The zero-order chi connectivity index (χ0) is 22.8. The van der Waals surface area contributed by atoms with Gasteiger partial charge < -0.3 is 0 Å². The molecule has 0 bridgehead atoms. The fourth-order valence-electron chi connectivity index (χ4n) is 4.46. The number of unbranched alkanes of at least 4 members (excludes halogenated alkanes) is 2. The van der Waals surface area contributed by atoms with Gasteiger partial charge in [0.05, 0.1) is 0 Å². The average molecular weight is 421 g/mol. The van der Waals surface area contributed by atoms with E-state index in [9.17, 15) is 9.59 Å². The summed E-state index contributed by atoms with van der Waals surface area (Å²) in [5, 5.41) is 0. The Morgan fingerprint density at radius 3 is 2.06 bits per heavy atom. The number of hydrogen-bond acceptors (Lipinski definition) is 2. The SMILES string of the molecule is CCCCC(C)c1cccc(C(=O)C(=O)Cc2cccc(CC)c2)c1C(C)CCCC. The fraction of sp³-hybridized carbons (Fsp3) is 0.517. The summed E-state index contributed by atoms with van der Waals surface area (Å²) in [6, 6.07) is 14.0. The molecule has 2 atom stereocenters. The largest absolute Gasteiger partial charge is 0.290 e. The third kappa shape index (κ3) is 6.89. The van der Waals surface area contributed by atoms with Crippen LogP contribution in [0.5, 0.6) is 0 Å². The molecule has 0 aliphatic carbocycles. The highest BCUT2D eigenvalue weighted by Gasteiger charge is 2.25. The number of aryl methyl sites for hydroxylation is 1. The number of hydrogen-bond donors (Lipinski definition) is 0. The molecule has 31 heavy (non-hydrogen) atoms. The molecule has 0 N–H and O–H groups in total. The Morgan fingerprint density at radius 2 is 1.42 bits per heavy atom. The minimum Gasteiger partial charge on any atom is -0.290 e. The van der Waals surface area contributed by atoms with E-state index >= 15 is 0 Å². The van der Waals surface area contributed by atoms with E-state index in [0.717, 1.165) is 43.2 Å². The molecule has 2 unspecified atom stereocenters. The van der Waals surface area contributed by atoms with E-state index in [-0.39, 0.29) is 23.9 Å². The lowest BCUT2D eigenvalue weighted by atomic mass is 9.80. The van der Waals surface area contributed by atoms with Gasteiger partial charge in [0, 0.05) is 12.0 Å². The lowest BCUT2D eigenvalue weighted by Crippen LogP contribution is -2.20. The van der Waals surface area contributed by atoms with Crippen LogP contribution in [0.4, 0.5) is 0 Å². The summed E-state index contributed by atoms with van der Waals surface area (Å²) >= 11 is 0. The predicted molar refractivity (Wildman–Crippen MR) is 131 cm³/mol. The molecule has 2 aromatic carbocycles. The molecular formula is C29H40O2. The number of rotatable bonds is 13. The summed E-state index contributed by atoms with van der Waals surface area (Å²) in [5.74, 6) is 0.0267. The smallest absolute Gasteiger partial charge is 0.229 e. The molecule has 2 aromatic rings. The van der Waals surface area contributed by atoms with Crippen LogP contribution >= 0.6 is 0 Å². The van der Waals surface area contributed by atoms with Gasteiger partial charge >= 0.3 is 0 Å². The molecular weight excluding hydrogens is 380 g/mol. The molecule has 0 radical (unpaired) electrons. The molecule has 0 aliphatic rings. The Labute approximate surface area is 189 Å². The number of Topliss-reactive ketones (excluding diaryl/α,β-unsaturated/α-hetero) is 2. The van der Waals surface area contributed by atoms with Gasteiger partial charge in [-0.05, 0) is 53.4 Å². The van der Waals surface area contributed by atoms with Crippen molar-refractivity contribution in [1.29, 1.82) is 0 Å². The maximum atomic E-state index is 13.3. The van der Waals surface area contributed by atoms with E-state index in [1.165, 1.54) is 24.0 Å². The van der Waals surface area contributed by atoms with Crippen LogP contribution in [0, 0.1) is 0 Å². The fourth-order valence-corrected chi connectivity index (χ4v) is 4.46. The summed E-state index contributed by atoms with van der Waals surface area (Å²) < 4.78 is 0. The summed E-state index contributed by atoms with van der Waals surface area (Å²) in [5.41, 5.74) is 5.11. The first-order valence-corrected chi connectivity index (χ1v) is 12.2. The summed E-state index contributed by atoms with van der Waals surface area (Å²) in [4.78, 5) is 26.3. The normalized spacial score (nSPS) is 13.1. The number of carbonyl (C=O) groups excluding carboxylic acids is 2. The molecule has 0 aromatic heterocycles. The summed E-state index contributed by atoms with van der Waals surface area (Å²) in [6.45, 7) is 11.0. The average Bonchev–Trinajstić information content (AvgIpc) is 2.79. The van der Waals surface area contributed by atoms with Crippen LogP contribution in [-0.2, 0) is 17.6 Å². The van der Waals surface area contributed by atoms with Gasteiger partial charge in [0.1, 0.15) is 0 Å². The van der Waals surface area contributed by atoms with Crippen LogP contribution in [0.25, 0.3) is 0 Å². The van der Waals surface area contributed by atoms with E-state index in [1.54, 1.807) is 0 Å². The lowest BCUT2D eigenvalue weighted by molar-refractivity contribution is -0.114. The van der Waals surface area contributed by atoms with Crippen molar-refractivity contribution in [2.75, 3.05) is 0 Å². The molecule has 2 rings (SSSR count). The van der Waals surface area contributed by atoms with Crippen molar-refractivity contribution in [2.45, 2.75) is 97.8 Å². The van der Waals surface area contributed by atoms with E-state index in [4.69, 9.17) is 0 Å². The van der Waals surface area contributed by atoms with Crippen LogP contribution in [0.1, 0.15) is 118 Å². The van der Waals surface area contributed by atoms with Crippen molar-refractivity contribution in [2.24, 2.45) is 0 Å². The number of carbonyl (C=O) groups is 2. The van der Waals surface area contributed by atoms with Crippen LogP contribution < -0.4 is 0 Å². The highest BCUT2D eigenvalue weighted by Crippen LogP contribution is 2.35. The molecule has 0 saturated carbocycles. The van der Waals surface area contributed by atoms with Crippen molar-refractivity contribution in [3.63, 3.8) is 0 Å². The molecule has 0 aliphatic heterocycles. The quantitative estimate of drug-likeness (QED) is 0.244. The highest BCUT2D eigenvalue weighted by atomic mass is 16.2. The second-order valence-corrected chi connectivity index (χ2v) is 9.00. The first-order valence-electron chi connectivity index (χ1n) is 12.2.